The van der Waals surface area contributed by atoms with Gasteiger partial charge >= 0.3 is 0 Å². The summed E-state index contributed by atoms with van der Waals surface area (Å²) < 4.78 is 0. The number of hydrogen-bond donors (Lipinski definition) is 0. The quantitative estimate of drug-likeness (QED) is 0.686. The van der Waals surface area contributed by atoms with Crippen LogP contribution in [-0.4, -0.2) is 34.8 Å². The molecule has 1 aliphatic heterocycles. The number of rotatable bonds is 5. The molecule has 1 fully saturated rings. The molecule has 0 radical (unpaired) electrons. The summed E-state index contributed by atoms with van der Waals surface area (Å²) in [6, 6.07) is 16.4. The van der Waals surface area contributed by atoms with Crippen molar-refractivity contribution in [1.29, 1.82) is 0 Å². The third-order valence-corrected chi connectivity index (χ3v) is 5.61. The molecule has 1 aliphatic rings. The Morgan fingerprint density at radius 3 is 2.59 bits per heavy atom. The second-order valence-corrected chi connectivity index (χ2v) is 7.40. The number of piperazine rings is 1. The Hall–Kier alpha value is -2.99. The zero-order valence-electron chi connectivity index (χ0n) is 14.7. The summed E-state index contributed by atoms with van der Waals surface area (Å²) in [6.45, 7) is 0.567. The van der Waals surface area contributed by atoms with Gasteiger partial charge in [-0.15, -0.1) is 11.3 Å². The van der Waals surface area contributed by atoms with E-state index in [1.807, 2.05) is 47.8 Å². The summed E-state index contributed by atoms with van der Waals surface area (Å²) in [5, 5.41) is 2.02. The summed E-state index contributed by atoms with van der Waals surface area (Å²) in [6.07, 6.45) is 4.07. The van der Waals surface area contributed by atoms with Crippen LogP contribution in [-0.2, 0) is 16.0 Å². The van der Waals surface area contributed by atoms with Crippen molar-refractivity contribution >= 4 is 28.8 Å². The Morgan fingerprint density at radius 1 is 1.04 bits per heavy atom. The van der Waals surface area contributed by atoms with E-state index in [4.69, 9.17) is 0 Å². The van der Waals surface area contributed by atoms with Crippen molar-refractivity contribution in [3.05, 3.63) is 82.8 Å². The normalized spacial score (nSPS) is 17.4. The molecule has 2 aromatic heterocycles. The molecule has 2 amide bonds. The molecule has 0 spiro atoms. The second-order valence-electron chi connectivity index (χ2n) is 6.37. The summed E-state index contributed by atoms with van der Waals surface area (Å²) in [5.41, 5.74) is 1.48. The van der Waals surface area contributed by atoms with Crippen LogP contribution in [0.1, 0.15) is 16.5 Å². The van der Waals surface area contributed by atoms with E-state index in [0.717, 1.165) is 17.7 Å². The van der Waals surface area contributed by atoms with Gasteiger partial charge in [-0.05, 0) is 36.1 Å². The summed E-state index contributed by atoms with van der Waals surface area (Å²) >= 11 is 1.66. The predicted octanol–water partition coefficient (Wildman–Crippen LogP) is 3.30. The Morgan fingerprint density at radius 2 is 1.89 bits per heavy atom. The Kier molecular flexibility index (Phi) is 4.98. The topological polar surface area (TPSA) is 53.5 Å². The predicted molar refractivity (Wildman–Crippen MR) is 106 cm³/mol. The van der Waals surface area contributed by atoms with Crippen LogP contribution in [0.15, 0.2) is 72.4 Å². The fourth-order valence-electron chi connectivity index (χ4n) is 3.35. The van der Waals surface area contributed by atoms with E-state index >= 15 is 0 Å². The maximum atomic E-state index is 13.4. The Balaban J connectivity index is 1.66. The standard InChI is InChI=1S/C21H19N3O2S/c25-19-15-24(17-7-2-1-3-8-17)21(26)20(16-6-4-11-22-14-16)23(19)12-10-18-9-5-13-27-18/h1-9,11,13-14,20H,10,12,15H2/t20-/m1/s1. The Bertz CT molecular complexity index is 913. The van der Waals surface area contributed by atoms with E-state index in [0.29, 0.717) is 6.54 Å². The molecule has 3 aromatic rings. The summed E-state index contributed by atoms with van der Waals surface area (Å²) in [7, 11) is 0. The van der Waals surface area contributed by atoms with E-state index < -0.39 is 6.04 Å². The van der Waals surface area contributed by atoms with Gasteiger partial charge in [0.15, 0.2) is 0 Å². The van der Waals surface area contributed by atoms with Gasteiger partial charge in [0.1, 0.15) is 12.6 Å². The monoisotopic (exact) mass is 377 g/mol. The van der Waals surface area contributed by atoms with Gasteiger partial charge < -0.3 is 9.80 Å². The highest BCUT2D eigenvalue weighted by Gasteiger charge is 2.40. The van der Waals surface area contributed by atoms with Crippen molar-refractivity contribution in [3.8, 4) is 0 Å². The zero-order valence-corrected chi connectivity index (χ0v) is 15.5. The molecule has 0 bridgehead atoms. The molecule has 1 atom stereocenters. The average Bonchev–Trinajstić information content (AvgIpc) is 3.23. The van der Waals surface area contributed by atoms with E-state index in [9.17, 15) is 9.59 Å². The number of aromatic nitrogens is 1. The van der Waals surface area contributed by atoms with Crippen LogP contribution < -0.4 is 4.90 Å². The zero-order chi connectivity index (χ0) is 18.6. The number of amides is 2. The highest BCUT2D eigenvalue weighted by molar-refractivity contribution is 7.09. The molecule has 27 heavy (non-hydrogen) atoms. The van der Waals surface area contributed by atoms with E-state index in [1.54, 1.807) is 39.6 Å². The van der Waals surface area contributed by atoms with Crippen LogP contribution in [0.3, 0.4) is 0 Å². The molecule has 1 saturated heterocycles. The van der Waals surface area contributed by atoms with Crippen LogP contribution in [0.25, 0.3) is 0 Å². The van der Waals surface area contributed by atoms with Crippen LogP contribution in [0.5, 0.6) is 0 Å². The summed E-state index contributed by atoms with van der Waals surface area (Å²) in [5.74, 6) is -0.149. The fraction of sp³-hybridized carbons (Fsp3) is 0.190. The first kappa shape index (κ1) is 17.4. The van der Waals surface area contributed by atoms with E-state index in [-0.39, 0.29) is 18.4 Å². The molecule has 0 unspecified atom stereocenters. The first-order valence-electron chi connectivity index (χ1n) is 8.82. The molecular weight excluding hydrogens is 358 g/mol. The number of anilines is 1. The van der Waals surface area contributed by atoms with Crippen molar-refractivity contribution in [2.24, 2.45) is 0 Å². The van der Waals surface area contributed by atoms with Gasteiger partial charge in [0, 0.05) is 35.1 Å². The van der Waals surface area contributed by atoms with Crippen LogP contribution in [0, 0.1) is 0 Å². The molecule has 0 aliphatic carbocycles. The SMILES string of the molecule is O=C1[C@@H](c2cccnc2)N(CCc2cccs2)C(=O)CN1c1ccccc1. The van der Waals surface area contributed by atoms with Gasteiger partial charge in [-0.3, -0.25) is 14.6 Å². The van der Waals surface area contributed by atoms with E-state index in [2.05, 4.69) is 11.1 Å². The smallest absolute Gasteiger partial charge is 0.254 e. The minimum atomic E-state index is -0.653. The van der Waals surface area contributed by atoms with Gasteiger partial charge in [-0.2, -0.15) is 0 Å². The lowest BCUT2D eigenvalue weighted by Crippen LogP contribution is -2.56. The third-order valence-electron chi connectivity index (χ3n) is 4.67. The number of benzene rings is 1. The minimum absolute atomic E-state index is 0.0520. The number of pyridine rings is 1. The first-order valence-corrected chi connectivity index (χ1v) is 9.70. The molecular formula is C21H19N3O2S. The first-order chi connectivity index (χ1) is 13.2. The molecule has 5 nitrogen and oxygen atoms in total. The highest BCUT2D eigenvalue weighted by Crippen LogP contribution is 2.30. The molecule has 1 aromatic carbocycles. The van der Waals surface area contributed by atoms with Gasteiger partial charge in [0.25, 0.3) is 5.91 Å². The van der Waals surface area contributed by atoms with Gasteiger partial charge in [0.05, 0.1) is 0 Å². The molecule has 0 N–H and O–H groups in total. The third kappa shape index (κ3) is 3.61. The number of nitrogens with zero attached hydrogens (tertiary/aromatic N) is 3. The lowest BCUT2D eigenvalue weighted by Gasteiger charge is -2.40. The van der Waals surface area contributed by atoms with Crippen molar-refractivity contribution in [2.45, 2.75) is 12.5 Å². The van der Waals surface area contributed by atoms with E-state index in [1.165, 1.54) is 4.88 Å². The average molecular weight is 377 g/mol. The van der Waals surface area contributed by atoms with Crippen molar-refractivity contribution in [3.63, 3.8) is 0 Å². The molecule has 136 valence electrons. The van der Waals surface area contributed by atoms with Gasteiger partial charge in [-0.25, -0.2) is 0 Å². The van der Waals surface area contributed by atoms with Crippen molar-refractivity contribution < 1.29 is 9.59 Å². The maximum absolute atomic E-state index is 13.4. The summed E-state index contributed by atoms with van der Waals surface area (Å²) in [4.78, 5) is 35.0. The second kappa shape index (κ2) is 7.72. The fourth-order valence-corrected chi connectivity index (χ4v) is 4.05. The minimum Gasteiger partial charge on any atom is -0.325 e. The number of carbonyl (C=O) groups is 2. The lowest BCUT2D eigenvalue weighted by atomic mass is 10.0. The van der Waals surface area contributed by atoms with Gasteiger partial charge in [-0.1, -0.05) is 30.3 Å². The van der Waals surface area contributed by atoms with Crippen LogP contribution in [0.2, 0.25) is 0 Å². The van der Waals surface area contributed by atoms with Crippen molar-refractivity contribution in [2.75, 3.05) is 18.0 Å². The molecule has 6 heteroatoms. The van der Waals surface area contributed by atoms with Gasteiger partial charge in [0.2, 0.25) is 5.91 Å². The highest BCUT2D eigenvalue weighted by atomic mass is 32.1. The largest absolute Gasteiger partial charge is 0.325 e. The number of carbonyl (C=O) groups excluding carboxylic acids is 2. The molecule has 3 heterocycles. The lowest BCUT2D eigenvalue weighted by molar-refractivity contribution is -0.143. The van der Waals surface area contributed by atoms with Crippen LogP contribution >= 0.6 is 11.3 Å². The Labute approximate surface area is 161 Å². The van der Waals surface area contributed by atoms with Crippen molar-refractivity contribution in [1.82, 2.24) is 9.88 Å². The number of hydrogen-bond acceptors (Lipinski definition) is 4. The molecule has 4 rings (SSSR count). The van der Waals surface area contributed by atoms with Crippen LogP contribution in [0.4, 0.5) is 5.69 Å². The maximum Gasteiger partial charge on any atom is 0.254 e. The number of para-hydroxylation sites is 1. The number of thiophene rings is 1. The molecule has 0 saturated carbocycles.